The number of carbonyl (C=O) groups is 1. The molecule has 0 unspecified atom stereocenters. The summed E-state index contributed by atoms with van der Waals surface area (Å²) in [5.74, 6) is 0.791. The number of amides is 1. The fraction of sp³-hybridized carbons (Fsp3) is 0.222. The predicted octanol–water partition coefficient (Wildman–Crippen LogP) is 3.49. The number of ether oxygens (including phenoxy) is 1. The zero-order valence-electron chi connectivity index (χ0n) is 14.7. The van der Waals surface area contributed by atoms with Crippen molar-refractivity contribution in [3.63, 3.8) is 0 Å². The molecule has 27 heavy (non-hydrogen) atoms. The molecule has 4 rings (SSSR count). The topological polar surface area (TPSA) is 94.2 Å². The number of hydrogen-bond acceptors (Lipinski definition) is 7. The molecule has 2 aromatic heterocycles. The van der Waals surface area contributed by atoms with Gasteiger partial charge >= 0.3 is 6.01 Å². The first-order valence-electron chi connectivity index (χ1n) is 8.31. The number of nitrogens with two attached hydrogens (primary N) is 1. The number of hydrogen-bond donors (Lipinski definition) is 1. The van der Waals surface area contributed by atoms with Gasteiger partial charge in [-0.2, -0.15) is 0 Å². The van der Waals surface area contributed by atoms with Gasteiger partial charge in [-0.3, -0.25) is 9.69 Å². The SMILES string of the molecule is Nc1cnc(Oc2ccc(-c3cnc(N4CCCCC4=O)s3)cc2)nc1.[Zn]. The maximum atomic E-state index is 12.0. The van der Waals surface area contributed by atoms with Gasteiger partial charge in [0.25, 0.3) is 0 Å². The van der Waals surface area contributed by atoms with Crippen molar-refractivity contribution in [1.82, 2.24) is 15.0 Å². The van der Waals surface area contributed by atoms with Crippen LogP contribution in [0.15, 0.2) is 42.9 Å². The Morgan fingerprint density at radius 1 is 1.04 bits per heavy atom. The quantitative estimate of drug-likeness (QED) is 0.634. The smallest absolute Gasteiger partial charge is 0.322 e. The molecule has 1 fully saturated rings. The second kappa shape index (κ2) is 8.54. The van der Waals surface area contributed by atoms with E-state index in [1.54, 1.807) is 11.1 Å². The molecule has 0 radical (unpaired) electrons. The average Bonchev–Trinajstić information content (AvgIpc) is 3.14. The van der Waals surface area contributed by atoms with Crippen molar-refractivity contribution in [3.8, 4) is 22.2 Å². The van der Waals surface area contributed by atoms with Gasteiger partial charge in [0.1, 0.15) is 5.75 Å². The van der Waals surface area contributed by atoms with Crippen LogP contribution in [0.25, 0.3) is 10.4 Å². The number of aromatic nitrogens is 3. The van der Waals surface area contributed by atoms with Crippen LogP contribution in [-0.4, -0.2) is 27.4 Å². The van der Waals surface area contributed by atoms with Gasteiger partial charge in [-0.15, -0.1) is 0 Å². The number of carbonyl (C=O) groups excluding carboxylic acids is 1. The number of piperidine rings is 1. The van der Waals surface area contributed by atoms with E-state index in [1.165, 1.54) is 23.7 Å². The number of rotatable bonds is 4. The van der Waals surface area contributed by atoms with Crippen LogP contribution in [0.2, 0.25) is 0 Å². The standard InChI is InChI=1S/C18H17N5O2S.Zn/c19-13-9-20-17(21-10-13)25-14-6-4-12(5-7-14)15-11-22-18(26-15)23-8-2-1-3-16(23)24;/h4-7,9-11H,1-3,8,19H2;. The van der Waals surface area contributed by atoms with Crippen molar-refractivity contribution in [2.45, 2.75) is 19.3 Å². The minimum Gasteiger partial charge on any atom is -0.424 e. The summed E-state index contributed by atoms with van der Waals surface area (Å²) in [7, 11) is 0. The van der Waals surface area contributed by atoms with Crippen LogP contribution in [0.1, 0.15) is 19.3 Å². The normalized spacial score (nSPS) is 13.9. The van der Waals surface area contributed by atoms with Crippen molar-refractivity contribution >= 4 is 28.1 Å². The first-order chi connectivity index (χ1) is 12.7. The summed E-state index contributed by atoms with van der Waals surface area (Å²) in [6.07, 6.45) is 7.40. The first kappa shape index (κ1) is 19.4. The molecule has 7 nitrogen and oxygen atoms in total. The molecule has 134 valence electrons. The third-order valence-corrected chi connectivity index (χ3v) is 5.11. The van der Waals surface area contributed by atoms with E-state index in [9.17, 15) is 4.79 Å². The van der Waals surface area contributed by atoms with Crippen molar-refractivity contribution in [1.29, 1.82) is 0 Å². The van der Waals surface area contributed by atoms with E-state index in [-0.39, 0.29) is 31.4 Å². The Hall–Kier alpha value is -2.38. The minimum absolute atomic E-state index is 0. The molecule has 0 spiro atoms. The second-order valence-corrected chi connectivity index (χ2v) is 6.94. The molecule has 1 aliphatic heterocycles. The number of nitrogens with zero attached hydrogens (tertiary/aromatic N) is 4. The first-order valence-corrected chi connectivity index (χ1v) is 9.13. The van der Waals surface area contributed by atoms with Gasteiger partial charge < -0.3 is 10.5 Å². The molecule has 1 aliphatic rings. The number of nitrogen functional groups attached to an aromatic ring is 1. The Balaban J connectivity index is 0.00000210. The van der Waals surface area contributed by atoms with Gasteiger partial charge in [0.2, 0.25) is 5.91 Å². The van der Waals surface area contributed by atoms with Gasteiger partial charge in [-0.1, -0.05) is 11.3 Å². The molecule has 9 heteroatoms. The monoisotopic (exact) mass is 431 g/mol. The predicted molar refractivity (Wildman–Crippen MR) is 100 cm³/mol. The second-order valence-electron chi connectivity index (χ2n) is 5.93. The fourth-order valence-electron chi connectivity index (χ4n) is 2.70. The van der Waals surface area contributed by atoms with Gasteiger partial charge in [0.15, 0.2) is 5.13 Å². The Morgan fingerprint density at radius 2 is 1.78 bits per heavy atom. The van der Waals surface area contributed by atoms with Gasteiger partial charge in [-0.25, -0.2) is 15.0 Å². The summed E-state index contributed by atoms with van der Waals surface area (Å²) in [5, 5.41) is 0.764. The summed E-state index contributed by atoms with van der Waals surface area (Å²) in [5.41, 5.74) is 7.06. The van der Waals surface area contributed by atoms with Crippen LogP contribution in [0.5, 0.6) is 11.8 Å². The average molecular weight is 433 g/mol. The van der Waals surface area contributed by atoms with E-state index >= 15 is 0 Å². The van der Waals surface area contributed by atoms with E-state index in [0.717, 1.165) is 35.0 Å². The molecule has 3 aromatic rings. The van der Waals surface area contributed by atoms with E-state index in [0.29, 0.717) is 17.9 Å². The van der Waals surface area contributed by atoms with Crippen LogP contribution in [0, 0.1) is 0 Å². The van der Waals surface area contributed by atoms with Crippen molar-refractivity contribution < 1.29 is 29.0 Å². The summed E-state index contributed by atoms with van der Waals surface area (Å²) >= 11 is 1.52. The number of benzene rings is 1. The Morgan fingerprint density at radius 3 is 2.48 bits per heavy atom. The summed E-state index contributed by atoms with van der Waals surface area (Å²) in [6.45, 7) is 0.750. The van der Waals surface area contributed by atoms with Crippen LogP contribution < -0.4 is 15.4 Å². The van der Waals surface area contributed by atoms with E-state index in [4.69, 9.17) is 10.5 Å². The molecular formula is C18H17N5O2SZn. The molecule has 0 saturated carbocycles. The molecule has 0 aliphatic carbocycles. The maximum Gasteiger partial charge on any atom is 0.322 e. The summed E-state index contributed by atoms with van der Waals surface area (Å²) in [6, 6.07) is 7.83. The molecule has 0 bridgehead atoms. The molecule has 3 heterocycles. The number of thiazole rings is 1. The zero-order chi connectivity index (χ0) is 17.9. The maximum absolute atomic E-state index is 12.0. The third-order valence-electron chi connectivity index (χ3n) is 4.04. The summed E-state index contributed by atoms with van der Waals surface area (Å²) < 4.78 is 5.60. The van der Waals surface area contributed by atoms with Crippen LogP contribution >= 0.6 is 11.3 Å². The van der Waals surface area contributed by atoms with Crippen molar-refractivity contribution in [3.05, 3.63) is 42.9 Å². The Bertz CT molecular complexity index is 914. The van der Waals surface area contributed by atoms with Crippen molar-refractivity contribution in [2.24, 2.45) is 0 Å². The molecular weight excluding hydrogens is 416 g/mol. The Labute approximate surface area is 173 Å². The third kappa shape index (κ3) is 4.49. The van der Waals surface area contributed by atoms with E-state index < -0.39 is 0 Å². The molecule has 1 aromatic carbocycles. The van der Waals surface area contributed by atoms with Crippen molar-refractivity contribution in [2.75, 3.05) is 17.2 Å². The van der Waals surface area contributed by atoms with Crippen LogP contribution in [-0.2, 0) is 24.3 Å². The van der Waals surface area contributed by atoms with E-state index in [2.05, 4.69) is 15.0 Å². The summed E-state index contributed by atoms with van der Waals surface area (Å²) in [4.78, 5) is 27.3. The molecule has 1 saturated heterocycles. The van der Waals surface area contributed by atoms with Crippen LogP contribution in [0.4, 0.5) is 10.8 Å². The zero-order valence-corrected chi connectivity index (χ0v) is 18.5. The molecule has 2 N–H and O–H groups in total. The number of anilines is 2. The minimum atomic E-state index is 0. The van der Waals surface area contributed by atoms with E-state index in [1.807, 2.05) is 24.3 Å². The van der Waals surface area contributed by atoms with Gasteiger partial charge in [0, 0.05) is 38.6 Å². The van der Waals surface area contributed by atoms with Crippen LogP contribution in [0.3, 0.4) is 0 Å². The molecule has 1 amide bonds. The largest absolute Gasteiger partial charge is 0.424 e. The van der Waals surface area contributed by atoms with Gasteiger partial charge in [0.05, 0.1) is 23.0 Å². The fourth-order valence-corrected chi connectivity index (χ4v) is 3.67. The Kier molecular flexibility index (Phi) is 6.13. The molecule has 0 atom stereocenters. The van der Waals surface area contributed by atoms with Gasteiger partial charge in [-0.05, 0) is 42.7 Å².